The average molecular weight is 272 g/mol. The van der Waals surface area contributed by atoms with Gasteiger partial charge in [0.25, 0.3) is 0 Å². The topological polar surface area (TPSA) is 42.2 Å². The van der Waals surface area contributed by atoms with Gasteiger partial charge in [0, 0.05) is 17.0 Å². The van der Waals surface area contributed by atoms with Gasteiger partial charge in [0.05, 0.1) is 16.2 Å². The molecular formula is C15H10ClNO2. The minimum Gasteiger partial charge on any atom is -0.428 e. The number of pyridine rings is 1. The summed E-state index contributed by atoms with van der Waals surface area (Å²) in [5.74, 6) is 0. The van der Waals surface area contributed by atoms with E-state index in [0.717, 1.165) is 4.73 Å². The lowest BCUT2D eigenvalue weighted by molar-refractivity contribution is 0.203. The van der Waals surface area contributed by atoms with E-state index < -0.39 is 0 Å². The van der Waals surface area contributed by atoms with Crippen molar-refractivity contribution in [1.29, 1.82) is 0 Å². The van der Waals surface area contributed by atoms with Crippen LogP contribution in [0.3, 0.4) is 0 Å². The van der Waals surface area contributed by atoms with Crippen molar-refractivity contribution in [3.8, 4) is 11.3 Å². The quantitative estimate of drug-likeness (QED) is 0.688. The fourth-order valence-corrected chi connectivity index (χ4v) is 2.35. The summed E-state index contributed by atoms with van der Waals surface area (Å²) < 4.78 is 0.998. The minimum absolute atomic E-state index is 0.143. The van der Waals surface area contributed by atoms with Gasteiger partial charge in [-0.15, -0.1) is 0 Å². The normalized spacial score (nSPS) is 10.8. The number of hydrogen-bond acceptors (Lipinski definition) is 2. The van der Waals surface area contributed by atoms with Gasteiger partial charge in [0.15, 0.2) is 5.43 Å². The predicted molar refractivity (Wildman–Crippen MR) is 75.8 cm³/mol. The van der Waals surface area contributed by atoms with Crippen molar-refractivity contribution in [3.05, 3.63) is 69.8 Å². The van der Waals surface area contributed by atoms with E-state index in [0.29, 0.717) is 27.2 Å². The third-order valence-electron chi connectivity index (χ3n) is 3.04. The first kappa shape index (κ1) is 11.8. The second-order valence-electron chi connectivity index (χ2n) is 4.20. The summed E-state index contributed by atoms with van der Waals surface area (Å²) in [5, 5.41) is 11.2. The van der Waals surface area contributed by atoms with E-state index in [-0.39, 0.29) is 5.43 Å². The van der Waals surface area contributed by atoms with Crippen LogP contribution in [-0.4, -0.2) is 9.94 Å². The minimum atomic E-state index is -0.143. The lowest BCUT2D eigenvalue weighted by Gasteiger charge is -2.11. The molecule has 0 saturated carbocycles. The predicted octanol–water partition coefficient (Wildman–Crippen LogP) is 3.56. The van der Waals surface area contributed by atoms with Gasteiger partial charge in [0.2, 0.25) is 0 Å². The Morgan fingerprint density at radius 1 is 1.00 bits per heavy atom. The van der Waals surface area contributed by atoms with Crippen molar-refractivity contribution in [2.45, 2.75) is 0 Å². The molecule has 3 nitrogen and oxygen atoms in total. The van der Waals surface area contributed by atoms with Crippen LogP contribution in [0, 0.1) is 0 Å². The highest BCUT2D eigenvalue weighted by Crippen LogP contribution is 2.27. The summed E-state index contributed by atoms with van der Waals surface area (Å²) in [5.41, 5.74) is 1.32. The Morgan fingerprint density at radius 2 is 1.68 bits per heavy atom. The second-order valence-corrected chi connectivity index (χ2v) is 4.61. The first-order valence-electron chi connectivity index (χ1n) is 5.77. The van der Waals surface area contributed by atoms with Crippen LogP contribution in [0.4, 0.5) is 0 Å². The van der Waals surface area contributed by atoms with E-state index >= 15 is 0 Å². The van der Waals surface area contributed by atoms with Gasteiger partial charge in [-0.25, -0.2) is 0 Å². The number of benzene rings is 2. The lowest BCUT2D eigenvalue weighted by Crippen LogP contribution is -2.09. The fourth-order valence-electron chi connectivity index (χ4n) is 2.12. The molecule has 94 valence electrons. The van der Waals surface area contributed by atoms with Crippen molar-refractivity contribution in [2.75, 3.05) is 0 Å². The molecule has 0 bridgehead atoms. The average Bonchev–Trinajstić information content (AvgIpc) is 2.44. The summed E-state index contributed by atoms with van der Waals surface area (Å²) in [4.78, 5) is 12.1. The Hall–Kier alpha value is -2.26. The van der Waals surface area contributed by atoms with Gasteiger partial charge in [-0.2, -0.15) is 4.73 Å². The molecule has 0 unspecified atom stereocenters. The molecule has 3 aromatic rings. The van der Waals surface area contributed by atoms with Gasteiger partial charge < -0.3 is 5.21 Å². The van der Waals surface area contributed by atoms with E-state index in [9.17, 15) is 10.0 Å². The summed E-state index contributed by atoms with van der Waals surface area (Å²) in [6.45, 7) is 0. The van der Waals surface area contributed by atoms with Gasteiger partial charge in [0.1, 0.15) is 0 Å². The fraction of sp³-hybridized carbons (Fsp3) is 0. The standard InChI is InChI=1S/C15H10ClNO2/c16-12-7-3-1-5-10(12)14-9-15(18)11-6-2-4-8-13(11)17(14)19/h1-9,19H. The second kappa shape index (κ2) is 4.44. The Labute approximate surface area is 114 Å². The van der Waals surface area contributed by atoms with Crippen LogP contribution in [0.25, 0.3) is 22.2 Å². The maximum Gasteiger partial charge on any atom is 0.190 e. The van der Waals surface area contributed by atoms with Crippen LogP contribution < -0.4 is 5.43 Å². The first-order valence-corrected chi connectivity index (χ1v) is 6.15. The zero-order valence-electron chi connectivity index (χ0n) is 9.88. The summed E-state index contributed by atoms with van der Waals surface area (Å²) >= 11 is 6.11. The van der Waals surface area contributed by atoms with Gasteiger partial charge in [-0.3, -0.25) is 4.79 Å². The molecule has 1 N–H and O–H groups in total. The molecule has 0 fully saturated rings. The number of para-hydroxylation sites is 1. The Morgan fingerprint density at radius 3 is 2.47 bits per heavy atom. The van der Waals surface area contributed by atoms with E-state index in [2.05, 4.69) is 0 Å². The van der Waals surface area contributed by atoms with Crippen LogP contribution in [0.1, 0.15) is 0 Å². The molecule has 0 aliphatic carbocycles. The molecule has 4 heteroatoms. The molecule has 3 rings (SSSR count). The molecule has 0 aliphatic heterocycles. The van der Waals surface area contributed by atoms with Crippen molar-refractivity contribution in [3.63, 3.8) is 0 Å². The highest BCUT2D eigenvalue weighted by atomic mass is 35.5. The SMILES string of the molecule is O=c1cc(-c2ccccc2Cl)n(O)c2ccccc12. The Kier molecular flexibility index (Phi) is 2.76. The van der Waals surface area contributed by atoms with Crippen molar-refractivity contribution in [1.82, 2.24) is 4.73 Å². The maximum atomic E-state index is 12.1. The molecule has 19 heavy (non-hydrogen) atoms. The molecule has 0 radical (unpaired) electrons. The van der Waals surface area contributed by atoms with E-state index in [4.69, 9.17) is 11.6 Å². The van der Waals surface area contributed by atoms with Crippen LogP contribution in [0.2, 0.25) is 5.02 Å². The van der Waals surface area contributed by atoms with Gasteiger partial charge >= 0.3 is 0 Å². The van der Waals surface area contributed by atoms with E-state index in [1.807, 2.05) is 0 Å². The highest BCUT2D eigenvalue weighted by molar-refractivity contribution is 6.33. The summed E-state index contributed by atoms with van der Waals surface area (Å²) in [6, 6.07) is 15.4. The Bertz CT molecular complexity index is 824. The monoisotopic (exact) mass is 271 g/mol. The molecule has 0 spiro atoms. The Balaban J connectivity index is 2.41. The van der Waals surface area contributed by atoms with Crippen molar-refractivity contribution in [2.24, 2.45) is 0 Å². The summed E-state index contributed by atoms with van der Waals surface area (Å²) in [6.07, 6.45) is 0. The van der Waals surface area contributed by atoms with Crippen LogP contribution in [-0.2, 0) is 0 Å². The number of aromatic nitrogens is 1. The van der Waals surface area contributed by atoms with Gasteiger partial charge in [-0.05, 0) is 18.2 Å². The molecule has 1 heterocycles. The molecule has 0 atom stereocenters. The smallest absolute Gasteiger partial charge is 0.190 e. The number of halogens is 1. The summed E-state index contributed by atoms with van der Waals surface area (Å²) in [7, 11) is 0. The maximum absolute atomic E-state index is 12.1. The third kappa shape index (κ3) is 1.88. The molecule has 0 saturated heterocycles. The van der Waals surface area contributed by atoms with E-state index in [1.54, 1.807) is 48.5 Å². The third-order valence-corrected chi connectivity index (χ3v) is 3.37. The van der Waals surface area contributed by atoms with Crippen LogP contribution >= 0.6 is 11.6 Å². The molecule has 0 aliphatic rings. The zero-order valence-corrected chi connectivity index (χ0v) is 10.6. The zero-order chi connectivity index (χ0) is 13.4. The number of rotatable bonds is 1. The number of hydrogen-bond donors (Lipinski definition) is 1. The van der Waals surface area contributed by atoms with Crippen molar-refractivity contribution < 1.29 is 5.21 Å². The largest absolute Gasteiger partial charge is 0.428 e. The number of nitrogens with zero attached hydrogens (tertiary/aromatic N) is 1. The first-order chi connectivity index (χ1) is 9.18. The lowest BCUT2D eigenvalue weighted by atomic mass is 10.1. The highest BCUT2D eigenvalue weighted by Gasteiger charge is 2.11. The number of fused-ring (bicyclic) bond motifs is 1. The van der Waals surface area contributed by atoms with Crippen LogP contribution in [0.5, 0.6) is 0 Å². The molecule has 2 aromatic carbocycles. The molecule has 0 amide bonds. The van der Waals surface area contributed by atoms with Crippen LogP contribution in [0.15, 0.2) is 59.4 Å². The van der Waals surface area contributed by atoms with Gasteiger partial charge in [-0.1, -0.05) is 41.9 Å². The molecule has 1 aromatic heterocycles. The molecular weight excluding hydrogens is 262 g/mol. The van der Waals surface area contributed by atoms with Crippen molar-refractivity contribution >= 4 is 22.5 Å². The van der Waals surface area contributed by atoms with E-state index in [1.165, 1.54) is 6.07 Å².